The summed E-state index contributed by atoms with van der Waals surface area (Å²) in [6.07, 6.45) is 0.643. The molecule has 2 heterocycles. The van der Waals surface area contributed by atoms with E-state index in [0.717, 1.165) is 11.1 Å². The Morgan fingerprint density at radius 3 is 2.77 bits per heavy atom. The Balaban J connectivity index is 1.82. The summed E-state index contributed by atoms with van der Waals surface area (Å²) in [5.41, 5.74) is 1.94. The number of aromatic nitrogens is 2. The van der Waals surface area contributed by atoms with Crippen molar-refractivity contribution < 1.29 is 19.4 Å². The molecule has 0 radical (unpaired) electrons. The quantitative estimate of drug-likeness (QED) is 0.849. The summed E-state index contributed by atoms with van der Waals surface area (Å²) in [5.74, 6) is -1.29. The molecule has 8 nitrogen and oxygen atoms in total. The normalized spacial score (nSPS) is 13.3. The fourth-order valence-corrected chi connectivity index (χ4v) is 2.93. The Morgan fingerprint density at radius 2 is 2.04 bits per heavy atom. The first kappa shape index (κ1) is 17.8. The first-order chi connectivity index (χ1) is 12.5. The minimum Gasteiger partial charge on any atom is -0.478 e. The molecule has 0 aliphatic carbocycles. The predicted octanol–water partition coefficient (Wildman–Crippen LogP) is 0.786. The van der Waals surface area contributed by atoms with Crippen molar-refractivity contribution >= 4 is 11.9 Å². The van der Waals surface area contributed by atoms with Crippen LogP contribution >= 0.6 is 0 Å². The van der Waals surface area contributed by atoms with Gasteiger partial charge in [-0.05, 0) is 35.7 Å². The molecule has 1 aromatic carbocycles. The van der Waals surface area contributed by atoms with Gasteiger partial charge in [0.25, 0.3) is 11.5 Å². The van der Waals surface area contributed by atoms with Gasteiger partial charge in [0, 0.05) is 26.3 Å². The largest absolute Gasteiger partial charge is 0.478 e. The third-order valence-corrected chi connectivity index (χ3v) is 4.35. The molecular weight excluding hydrogens is 338 g/mol. The number of rotatable bonds is 5. The van der Waals surface area contributed by atoms with Crippen LogP contribution in [0.4, 0.5) is 0 Å². The Kier molecular flexibility index (Phi) is 5.13. The molecule has 1 aliphatic rings. The molecule has 0 saturated heterocycles. The number of ether oxygens (including phenoxy) is 1. The van der Waals surface area contributed by atoms with Crippen molar-refractivity contribution in [3.63, 3.8) is 0 Å². The van der Waals surface area contributed by atoms with Crippen molar-refractivity contribution in [1.82, 2.24) is 14.7 Å². The number of carbonyl (C=O) groups excluding carboxylic acids is 1. The van der Waals surface area contributed by atoms with E-state index in [1.165, 1.54) is 23.9 Å². The van der Waals surface area contributed by atoms with Crippen LogP contribution in [-0.4, -0.2) is 51.9 Å². The molecule has 0 saturated carbocycles. The third kappa shape index (κ3) is 3.65. The van der Waals surface area contributed by atoms with E-state index in [9.17, 15) is 14.4 Å². The summed E-state index contributed by atoms with van der Waals surface area (Å²) in [7, 11) is 1.52. The van der Waals surface area contributed by atoms with Crippen molar-refractivity contribution in [2.75, 3.05) is 20.3 Å². The zero-order valence-corrected chi connectivity index (χ0v) is 14.3. The minimum atomic E-state index is -0.997. The number of methoxy groups -OCH3 is 1. The van der Waals surface area contributed by atoms with Crippen LogP contribution in [0.25, 0.3) is 0 Å². The van der Waals surface area contributed by atoms with E-state index in [4.69, 9.17) is 9.84 Å². The van der Waals surface area contributed by atoms with Gasteiger partial charge in [0.05, 0.1) is 18.7 Å². The number of benzene rings is 1. The number of hydrogen-bond donors (Lipinski definition) is 1. The predicted molar refractivity (Wildman–Crippen MR) is 92.2 cm³/mol. The maximum Gasteiger partial charge on any atom is 0.335 e. The lowest BCUT2D eigenvalue weighted by Gasteiger charge is -2.29. The van der Waals surface area contributed by atoms with Crippen molar-refractivity contribution in [3.05, 3.63) is 63.1 Å². The van der Waals surface area contributed by atoms with Gasteiger partial charge in [0.1, 0.15) is 5.69 Å². The first-order valence-corrected chi connectivity index (χ1v) is 8.21. The van der Waals surface area contributed by atoms with Crippen molar-refractivity contribution in [3.8, 4) is 0 Å². The summed E-state index contributed by atoms with van der Waals surface area (Å²) in [5, 5.41) is 13.3. The molecular formula is C18H19N3O5. The van der Waals surface area contributed by atoms with Gasteiger partial charge >= 0.3 is 5.97 Å². The number of carboxylic acid groups (broad SMARTS) is 1. The summed E-state index contributed by atoms with van der Waals surface area (Å²) in [6.45, 7) is 1.41. The second-order valence-electron chi connectivity index (χ2n) is 6.04. The molecule has 26 heavy (non-hydrogen) atoms. The molecule has 2 aromatic rings. The summed E-state index contributed by atoms with van der Waals surface area (Å²) in [6, 6.07) is 7.70. The van der Waals surface area contributed by atoms with Crippen molar-refractivity contribution in [2.24, 2.45) is 0 Å². The van der Waals surface area contributed by atoms with Gasteiger partial charge in [0.2, 0.25) is 0 Å². The van der Waals surface area contributed by atoms with Gasteiger partial charge in [-0.3, -0.25) is 9.59 Å². The molecule has 0 bridgehead atoms. The number of carboxylic acids is 1. The average Bonchev–Trinajstić information content (AvgIpc) is 2.65. The summed E-state index contributed by atoms with van der Waals surface area (Å²) >= 11 is 0. The van der Waals surface area contributed by atoms with Crippen LogP contribution in [0.15, 0.2) is 35.1 Å². The van der Waals surface area contributed by atoms with E-state index in [0.29, 0.717) is 26.1 Å². The molecule has 0 atom stereocenters. The number of hydrogen-bond acceptors (Lipinski definition) is 5. The van der Waals surface area contributed by atoms with Crippen LogP contribution < -0.4 is 5.56 Å². The Bertz CT molecular complexity index is 906. The molecule has 1 aromatic heterocycles. The molecule has 1 N–H and O–H groups in total. The molecule has 0 unspecified atom stereocenters. The number of nitrogens with zero attached hydrogens (tertiary/aromatic N) is 3. The molecule has 8 heteroatoms. The molecule has 136 valence electrons. The van der Waals surface area contributed by atoms with E-state index in [1.807, 2.05) is 0 Å². The van der Waals surface area contributed by atoms with Crippen molar-refractivity contribution in [2.45, 2.75) is 19.5 Å². The molecule has 1 aliphatic heterocycles. The zero-order chi connectivity index (χ0) is 18.7. The van der Waals surface area contributed by atoms with Gasteiger partial charge in [-0.2, -0.15) is 5.10 Å². The number of carbonyl (C=O) groups is 2. The highest BCUT2D eigenvalue weighted by Gasteiger charge is 2.24. The highest BCUT2D eigenvalue weighted by molar-refractivity contribution is 5.92. The molecule has 0 fully saturated rings. The number of amides is 1. The monoisotopic (exact) mass is 357 g/mol. The van der Waals surface area contributed by atoms with Crippen LogP contribution in [0.5, 0.6) is 0 Å². The number of aromatic carboxylic acids is 1. The SMILES string of the molecule is COCCn1nc(C(=O)N2CCc3ccc(C(=O)O)cc3C2)ccc1=O. The topological polar surface area (TPSA) is 102 Å². The Morgan fingerprint density at radius 1 is 1.23 bits per heavy atom. The van der Waals surface area contributed by atoms with Crippen molar-refractivity contribution in [1.29, 1.82) is 0 Å². The summed E-state index contributed by atoms with van der Waals surface area (Å²) in [4.78, 5) is 37.3. The van der Waals surface area contributed by atoms with Gasteiger partial charge in [-0.1, -0.05) is 6.07 Å². The third-order valence-electron chi connectivity index (χ3n) is 4.35. The van der Waals surface area contributed by atoms with Crippen LogP contribution in [-0.2, 0) is 24.2 Å². The lowest BCUT2D eigenvalue weighted by Crippen LogP contribution is -2.38. The minimum absolute atomic E-state index is 0.179. The maximum absolute atomic E-state index is 12.8. The zero-order valence-electron chi connectivity index (χ0n) is 14.3. The highest BCUT2D eigenvalue weighted by atomic mass is 16.5. The van der Waals surface area contributed by atoms with E-state index >= 15 is 0 Å². The fourth-order valence-electron chi connectivity index (χ4n) is 2.93. The maximum atomic E-state index is 12.8. The van der Waals surface area contributed by atoms with Gasteiger partial charge < -0.3 is 14.7 Å². The average molecular weight is 357 g/mol. The van der Waals surface area contributed by atoms with Gasteiger partial charge in [-0.15, -0.1) is 0 Å². The smallest absolute Gasteiger partial charge is 0.335 e. The fraction of sp³-hybridized carbons (Fsp3) is 0.333. The first-order valence-electron chi connectivity index (χ1n) is 8.21. The van der Waals surface area contributed by atoms with E-state index in [2.05, 4.69) is 5.10 Å². The van der Waals surface area contributed by atoms with Crippen LogP contribution in [0, 0.1) is 0 Å². The van der Waals surface area contributed by atoms with Gasteiger partial charge in [-0.25, -0.2) is 9.48 Å². The standard InChI is InChI=1S/C18H19N3O5/c1-26-9-8-21-16(22)5-4-15(19-21)17(23)20-7-6-12-2-3-13(18(24)25)10-14(12)11-20/h2-5,10H,6-9,11H2,1H3,(H,24,25). The summed E-state index contributed by atoms with van der Waals surface area (Å²) < 4.78 is 6.15. The second-order valence-corrected chi connectivity index (χ2v) is 6.04. The molecule has 1 amide bonds. The lowest BCUT2D eigenvalue weighted by molar-refractivity contribution is 0.0696. The number of fused-ring (bicyclic) bond motifs is 1. The molecule has 3 rings (SSSR count). The van der Waals surface area contributed by atoms with Gasteiger partial charge in [0.15, 0.2) is 0 Å². The Hall–Kier alpha value is -3.00. The van der Waals surface area contributed by atoms with Crippen LogP contribution in [0.2, 0.25) is 0 Å². The lowest BCUT2D eigenvalue weighted by atomic mass is 9.97. The van der Waals surface area contributed by atoms with E-state index in [-0.39, 0.29) is 29.3 Å². The van der Waals surface area contributed by atoms with E-state index in [1.54, 1.807) is 23.1 Å². The van der Waals surface area contributed by atoms with E-state index < -0.39 is 5.97 Å². The van der Waals surface area contributed by atoms with Crippen LogP contribution in [0.1, 0.15) is 32.0 Å². The second kappa shape index (κ2) is 7.49. The Labute approximate surface area is 149 Å². The van der Waals surface area contributed by atoms with Crippen LogP contribution in [0.3, 0.4) is 0 Å². The molecule has 0 spiro atoms. The highest BCUT2D eigenvalue weighted by Crippen LogP contribution is 2.21.